The molecule has 2 aromatic carbocycles. The van der Waals surface area contributed by atoms with Crippen molar-refractivity contribution >= 4 is 35.0 Å². The van der Waals surface area contributed by atoms with Crippen molar-refractivity contribution in [3.05, 3.63) is 53.6 Å². The molecule has 0 radical (unpaired) electrons. The van der Waals surface area contributed by atoms with E-state index in [2.05, 4.69) is 10.6 Å². The first-order chi connectivity index (χ1) is 12.4. The lowest BCUT2D eigenvalue weighted by molar-refractivity contribution is -0.115. The number of carbonyl (C=O) groups excluding carboxylic acids is 2. The van der Waals surface area contributed by atoms with Gasteiger partial charge < -0.3 is 15.4 Å². The lowest BCUT2D eigenvalue weighted by atomic mass is 10.2. The van der Waals surface area contributed by atoms with Crippen LogP contribution in [0.5, 0.6) is 5.75 Å². The third-order valence-corrected chi connectivity index (χ3v) is 4.92. The maximum absolute atomic E-state index is 12.4. The van der Waals surface area contributed by atoms with Crippen molar-refractivity contribution in [3.8, 4) is 5.75 Å². The van der Waals surface area contributed by atoms with Crippen molar-refractivity contribution in [2.75, 3.05) is 23.5 Å². The Hall–Kier alpha value is -2.47. The summed E-state index contributed by atoms with van der Waals surface area (Å²) in [5, 5.41) is 5.32. The van der Waals surface area contributed by atoms with Gasteiger partial charge in [-0.3, -0.25) is 9.59 Å². The Morgan fingerprint density at radius 2 is 1.69 bits per heavy atom. The Morgan fingerprint density at radius 3 is 2.35 bits per heavy atom. The molecule has 138 valence electrons. The molecule has 2 rings (SSSR count). The number of thioether (sulfide) groups is 1. The molecule has 2 amide bonds. The van der Waals surface area contributed by atoms with Crippen molar-refractivity contribution in [1.82, 2.24) is 0 Å². The van der Waals surface area contributed by atoms with Gasteiger partial charge in [0, 0.05) is 5.69 Å². The van der Waals surface area contributed by atoms with Gasteiger partial charge in [-0.25, -0.2) is 0 Å². The molecule has 0 saturated carbocycles. The Kier molecular flexibility index (Phi) is 7.09. The second-order valence-corrected chi connectivity index (χ2v) is 7.39. The summed E-state index contributed by atoms with van der Waals surface area (Å²) in [6, 6.07) is 13.2. The summed E-state index contributed by atoms with van der Waals surface area (Å²) in [5.74, 6) is 0.514. The molecule has 6 heteroatoms. The van der Waals surface area contributed by atoms with Gasteiger partial charge in [-0.15, -0.1) is 11.8 Å². The van der Waals surface area contributed by atoms with Crippen molar-refractivity contribution < 1.29 is 14.3 Å². The smallest absolute Gasteiger partial charge is 0.237 e. The van der Waals surface area contributed by atoms with E-state index < -0.39 is 0 Å². The normalized spacial score (nSPS) is 11.5. The summed E-state index contributed by atoms with van der Waals surface area (Å²) in [6.07, 6.45) is 0. The molecular weight excluding hydrogens is 348 g/mol. The number of ether oxygens (including phenoxy) is 1. The van der Waals surface area contributed by atoms with Crippen LogP contribution >= 0.6 is 11.8 Å². The molecule has 0 heterocycles. The molecule has 2 N–H and O–H groups in total. The van der Waals surface area contributed by atoms with Crippen LogP contribution in [0.1, 0.15) is 18.1 Å². The molecule has 2 aromatic rings. The number of anilines is 2. The number of hydrogen-bond donors (Lipinski definition) is 2. The summed E-state index contributed by atoms with van der Waals surface area (Å²) in [4.78, 5) is 24.4. The molecule has 0 unspecified atom stereocenters. The second-order valence-electron chi connectivity index (χ2n) is 6.06. The summed E-state index contributed by atoms with van der Waals surface area (Å²) >= 11 is 1.29. The number of hydrogen-bond acceptors (Lipinski definition) is 4. The Morgan fingerprint density at radius 1 is 1.04 bits per heavy atom. The lowest BCUT2D eigenvalue weighted by Crippen LogP contribution is -2.25. The first-order valence-electron chi connectivity index (χ1n) is 8.32. The zero-order valence-electron chi connectivity index (χ0n) is 15.5. The summed E-state index contributed by atoms with van der Waals surface area (Å²) in [6.45, 7) is 5.72. The minimum Gasteiger partial charge on any atom is -0.495 e. The minimum atomic E-state index is -0.371. The van der Waals surface area contributed by atoms with Gasteiger partial charge >= 0.3 is 0 Å². The van der Waals surface area contributed by atoms with Crippen LogP contribution in [-0.2, 0) is 9.59 Å². The molecule has 0 fully saturated rings. The van der Waals surface area contributed by atoms with Crippen LogP contribution in [0.4, 0.5) is 11.4 Å². The topological polar surface area (TPSA) is 67.4 Å². The molecule has 0 aliphatic carbocycles. The summed E-state index contributed by atoms with van der Waals surface area (Å²) in [5.41, 5.74) is 3.55. The summed E-state index contributed by atoms with van der Waals surface area (Å²) < 4.78 is 5.27. The fraction of sp³-hybridized carbons (Fsp3) is 0.300. The number of carbonyl (C=O) groups is 2. The highest BCUT2D eigenvalue weighted by atomic mass is 32.2. The number of benzene rings is 2. The number of rotatable bonds is 7. The number of nitrogens with one attached hydrogen (secondary N) is 2. The highest BCUT2D eigenvalue weighted by Gasteiger charge is 2.17. The van der Waals surface area contributed by atoms with Crippen LogP contribution in [0.2, 0.25) is 0 Å². The first-order valence-corrected chi connectivity index (χ1v) is 9.37. The van der Waals surface area contributed by atoms with Crippen molar-refractivity contribution in [1.29, 1.82) is 0 Å². The van der Waals surface area contributed by atoms with E-state index in [-0.39, 0.29) is 22.8 Å². The largest absolute Gasteiger partial charge is 0.495 e. The monoisotopic (exact) mass is 372 g/mol. The maximum Gasteiger partial charge on any atom is 0.237 e. The van der Waals surface area contributed by atoms with E-state index in [1.54, 1.807) is 14.0 Å². The maximum atomic E-state index is 12.4. The van der Waals surface area contributed by atoms with Crippen LogP contribution in [0.15, 0.2) is 42.5 Å². The molecule has 26 heavy (non-hydrogen) atoms. The third-order valence-electron chi connectivity index (χ3n) is 3.78. The third kappa shape index (κ3) is 5.81. The average molecular weight is 372 g/mol. The molecule has 0 aliphatic rings. The molecule has 0 spiro atoms. The van der Waals surface area contributed by atoms with Gasteiger partial charge in [0.25, 0.3) is 0 Å². The molecule has 0 bridgehead atoms. The molecule has 0 saturated heterocycles. The van der Waals surface area contributed by atoms with E-state index in [1.165, 1.54) is 11.8 Å². The second kappa shape index (κ2) is 9.29. The zero-order chi connectivity index (χ0) is 19.1. The van der Waals surface area contributed by atoms with Gasteiger partial charge in [-0.2, -0.15) is 0 Å². The average Bonchev–Trinajstić information content (AvgIpc) is 2.61. The fourth-order valence-corrected chi connectivity index (χ4v) is 2.95. The Balaban J connectivity index is 1.86. The van der Waals surface area contributed by atoms with Gasteiger partial charge in [0.05, 0.1) is 23.8 Å². The Bertz CT molecular complexity index is 775. The first kappa shape index (κ1) is 19.8. The van der Waals surface area contributed by atoms with E-state index in [0.29, 0.717) is 11.4 Å². The van der Waals surface area contributed by atoms with E-state index in [9.17, 15) is 9.59 Å². The van der Waals surface area contributed by atoms with Gasteiger partial charge in [-0.1, -0.05) is 23.8 Å². The van der Waals surface area contributed by atoms with Crippen molar-refractivity contribution in [2.24, 2.45) is 0 Å². The van der Waals surface area contributed by atoms with Crippen LogP contribution in [0.3, 0.4) is 0 Å². The van der Waals surface area contributed by atoms with Crippen molar-refractivity contribution in [2.45, 2.75) is 26.0 Å². The van der Waals surface area contributed by atoms with Crippen LogP contribution in [-0.4, -0.2) is 29.9 Å². The van der Waals surface area contributed by atoms with Crippen LogP contribution in [0, 0.1) is 13.8 Å². The SMILES string of the molecule is COc1ccc(C)cc1NC(=O)[C@@H](C)SCC(=O)Nc1ccc(C)cc1. The number of aryl methyl sites for hydroxylation is 2. The number of amides is 2. The fourth-order valence-electron chi connectivity index (χ4n) is 2.26. The van der Waals surface area contributed by atoms with Gasteiger partial charge in [0.1, 0.15) is 5.75 Å². The standard InChI is InChI=1S/C20H24N2O3S/c1-13-5-8-16(9-6-13)21-19(23)12-26-15(3)20(24)22-17-11-14(2)7-10-18(17)25-4/h5-11,15H,12H2,1-4H3,(H,21,23)(H,22,24)/t15-/m1/s1. The summed E-state index contributed by atoms with van der Waals surface area (Å²) in [7, 11) is 1.56. The molecule has 0 aliphatic heterocycles. The zero-order valence-corrected chi connectivity index (χ0v) is 16.3. The van der Waals surface area contributed by atoms with Gasteiger partial charge in [0.2, 0.25) is 11.8 Å². The molecular formula is C20H24N2O3S. The van der Waals surface area contributed by atoms with E-state index in [0.717, 1.165) is 16.8 Å². The van der Waals surface area contributed by atoms with E-state index in [1.807, 2.05) is 56.3 Å². The lowest BCUT2D eigenvalue weighted by Gasteiger charge is -2.15. The van der Waals surface area contributed by atoms with Crippen LogP contribution in [0.25, 0.3) is 0 Å². The molecule has 0 aromatic heterocycles. The van der Waals surface area contributed by atoms with Gasteiger partial charge in [-0.05, 0) is 50.6 Å². The highest BCUT2D eigenvalue weighted by molar-refractivity contribution is 8.01. The quantitative estimate of drug-likeness (QED) is 0.771. The predicted octanol–water partition coefficient (Wildman–Crippen LogP) is 4.01. The van der Waals surface area contributed by atoms with Crippen LogP contribution < -0.4 is 15.4 Å². The predicted molar refractivity (Wildman–Crippen MR) is 108 cm³/mol. The molecule has 5 nitrogen and oxygen atoms in total. The van der Waals surface area contributed by atoms with Gasteiger partial charge in [0.15, 0.2) is 0 Å². The number of methoxy groups -OCH3 is 1. The minimum absolute atomic E-state index is 0.133. The Labute approximate surface area is 158 Å². The van der Waals surface area contributed by atoms with E-state index in [4.69, 9.17) is 4.74 Å². The highest BCUT2D eigenvalue weighted by Crippen LogP contribution is 2.26. The molecule has 1 atom stereocenters. The van der Waals surface area contributed by atoms with E-state index >= 15 is 0 Å². The van der Waals surface area contributed by atoms with Crippen molar-refractivity contribution in [3.63, 3.8) is 0 Å².